The van der Waals surface area contributed by atoms with Gasteiger partial charge in [-0.3, -0.25) is 4.90 Å². The van der Waals surface area contributed by atoms with Crippen molar-refractivity contribution in [2.75, 3.05) is 45.5 Å². The molecular weight excluding hydrogens is 416 g/mol. The molecule has 0 saturated carbocycles. The van der Waals surface area contributed by atoms with Gasteiger partial charge < -0.3 is 26.6 Å². The van der Waals surface area contributed by atoms with E-state index in [9.17, 15) is 0 Å². The molecule has 32 heavy (non-hydrogen) atoms. The van der Waals surface area contributed by atoms with Crippen LogP contribution in [0.25, 0.3) is 0 Å². The Hall–Kier alpha value is -1.57. The summed E-state index contributed by atoms with van der Waals surface area (Å²) >= 11 is 4.41. The van der Waals surface area contributed by atoms with Crippen molar-refractivity contribution in [2.24, 2.45) is 5.73 Å². The molecule has 0 aromatic carbocycles. The largest absolute Gasteiger partial charge is 0.388 e. The van der Waals surface area contributed by atoms with E-state index in [1.807, 2.05) is 0 Å². The molecule has 2 rings (SSSR count). The topological polar surface area (TPSA) is 68.6 Å². The number of likely N-dealkylation sites (N-methyl/N-ethyl adjacent to an activating group) is 1. The third-order valence-corrected chi connectivity index (χ3v) is 7.08. The van der Waals surface area contributed by atoms with Gasteiger partial charge >= 0.3 is 0 Å². The molecule has 7 heteroatoms. The molecule has 0 aliphatic carbocycles. The molecule has 0 amide bonds. The highest BCUT2D eigenvalue weighted by Gasteiger charge is 2.29. The summed E-state index contributed by atoms with van der Waals surface area (Å²) < 4.78 is 0. The Morgan fingerprint density at radius 2 is 1.72 bits per heavy atom. The Kier molecular flexibility index (Phi) is 11.6. The molecule has 2 heterocycles. The van der Waals surface area contributed by atoms with Gasteiger partial charge in [-0.1, -0.05) is 26.3 Å². The number of rotatable bonds is 16. The maximum atomic E-state index is 5.69. The molecule has 0 radical (unpaired) electrons. The number of likely N-dealkylation sites (tertiary alicyclic amines) is 2. The SMILES string of the molecule is C=C(NCCN)C(CCCCNC(=C)C1CCCN1C)NC(=C)C1CCCN1C(=C)CS. The fraction of sp³-hybridized carbons (Fsp3) is 0.680. The summed E-state index contributed by atoms with van der Waals surface area (Å²) in [6.07, 6.45) is 7.89. The van der Waals surface area contributed by atoms with Crippen LogP contribution in [0.1, 0.15) is 44.9 Å². The Bertz CT molecular complexity index is 648. The van der Waals surface area contributed by atoms with Gasteiger partial charge in [-0.2, -0.15) is 12.6 Å². The van der Waals surface area contributed by atoms with E-state index in [0.29, 0.717) is 18.3 Å². The van der Waals surface area contributed by atoms with Crippen molar-refractivity contribution in [3.8, 4) is 0 Å². The summed E-state index contributed by atoms with van der Waals surface area (Å²) in [5.41, 5.74) is 9.94. The number of hydrogen-bond donors (Lipinski definition) is 5. The second-order valence-corrected chi connectivity index (χ2v) is 9.44. The number of nitrogens with two attached hydrogens (primary N) is 1. The van der Waals surface area contributed by atoms with Gasteiger partial charge in [-0.15, -0.1) is 0 Å². The molecule has 2 aliphatic rings. The zero-order chi connectivity index (χ0) is 23.5. The highest BCUT2D eigenvalue weighted by atomic mass is 32.1. The normalized spacial score (nSPS) is 21.9. The van der Waals surface area contributed by atoms with Gasteiger partial charge in [-0.25, -0.2) is 0 Å². The van der Waals surface area contributed by atoms with E-state index in [4.69, 9.17) is 5.73 Å². The summed E-state index contributed by atoms with van der Waals surface area (Å²) in [5.74, 6) is 0.674. The fourth-order valence-corrected chi connectivity index (χ4v) is 4.98. The van der Waals surface area contributed by atoms with Crippen LogP contribution in [0.2, 0.25) is 0 Å². The van der Waals surface area contributed by atoms with Crippen LogP contribution in [-0.2, 0) is 0 Å². The first kappa shape index (κ1) is 26.7. The Morgan fingerprint density at radius 1 is 1.00 bits per heavy atom. The number of hydrogen-bond acceptors (Lipinski definition) is 7. The zero-order valence-electron chi connectivity index (χ0n) is 20.2. The Labute approximate surface area is 201 Å². The van der Waals surface area contributed by atoms with Crippen molar-refractivity contribution in [1.82, 2.24) is 25.8 Å². The van der Waals surface area contributed by atoms with Crippen molar-refractivity contribution < 1.29 is 0 Å². The molecule has 5 N–H and O–H groups in total. The predicted molar refractivity (Wildman–Crippen MR) is 142 cm³/mol. The van der Waals surface area contributed by atoms with Crippen LogP contribution in [0.3, 0.4) is 0 Å². The van der Waals surface area contributed by atoms with Gasteiger partial charge in [-0.05, 0) is 58.5 Å². The van der Waals surface area contributed by atoms with E-state index in [0.717, 1.165) is 74.5 Å². The molecular formula is C25H46N6S. The van der Waals surface area contributed by atoms with Crippen molar-refractivity contribution in [3.05, 3.63) is 49.1 Å². The second-order valence-electron chi connectivity index (χ2n) is 9.13. The maximum absolute atomic E-state index is 5.69. The molecule has 182 valence electrons. The lowest BCUT2D eigenvalue weighted by atomic mass is 10.0. The van der Waals surface area contributed by atoms with Crippen LogP contribution in [0, 0.1) is 0 Å². The third-order valence-electron chi connectivity index (χ3n) is 6.71. The first-order valence-corrected chi connectivity index (χ1v) is 12.8. The first-order valence-electron chi connectivity index (χ1n) is 12.1. The average Bonchev–Trinajstić information content (AvgIpc) is 3.44. The van der Waals surface area contributed by atoms with Crippen LogP contribution >= 0.6 is 12.6 Å². The van der Waals surface area contributed by atoms with Crippen molar-refractivity contribution in [3.63, 3.8) is 0 Å². The van der Waals surface area contributed by atoms with E-state index in [-0.39, 0.29) is 12.1 Å². The van der Waals surface area contributed by atoms with Crippen LogP contribution in [0.5, 0.6) is 0 Å². The fourth-order valence-electron chi connectivity index (χ4n) is 4.80. The molecule has 0 aromatic rings. The maximum Gasteiger partial charge on any atom is 0.0680 e. The van der Waals surface area contributed by atoms with Gasteiger partial charge in [0, 0.05) is 60.8 Å². The smallest absolute Gasteiger partial charge is 0.0680 e. The molecule has 0 spiro atoms. The van der Waals surface area contributed by atoms with Crippen LogP contribution in [-0.4, -0.2) is 73.4 Å². The highest BCUT2D eigenvalue weighted by Crippen LogP contribution is 2.26. The Balaban J connectivity index is 1.82. The molecule has 0 bridgehead atoms. The van der Waals surface area contributed by atoms with E-state index in [1.165, 1.54) is 19.4 Å². The molecule has 2 fully saturated rings. The van der Waals surface area contributed by atoms with Gasteiger partial charge in [0.1, 0.15) is 0 Å². The number of thiol groups is 1. The standard InChI is InChI=1S/C25H46N6S/c1-19(18-32)31-17-9-12-25(31)22(4)29-23(20(2)28-15-13-26)10-6-7-14-27-21(3)24-11-8-16-30(24)5/h23-25,27-29,32H,1-4,6-18,26H2,5H3. The first-order chi connectivity index (χ1) is 15.4. The number of nitrogens with zero attached hydrogens (tertiary/aromatic N) is 2. The van der Waals surface area contributed by atoms with Gasteiger partial charge in [0.05, 0.1) is 12.1 Å². The molecule has 3 atom stereocenters. The summed E-state index contributed by atoms with van der Waals surface area (Å²) in [6, 6.07) is 0.882. The van der Waals surface area contributed by atoms with E-state index >= 15 is 0 Å². The van der Waals surface area contributed by atoms with Crippen LogP contribution in [0.4, 0.5) is 0 Å². The van der Waals surface area contributed by atoms with Crippen molar-refractivity contribution >= 4 is 12.6 Å². The van der Waals surface area contributed by atoms with E-state index < -0.39 is 0 Å². The van der Waals surface area contributed by atoms with Gasteiger partial charge in [0.25, 0.3) is 0 Å². The lowest BCUT2D eigenvalue weighted by Crippen LogP contribution is -2.42. The van der Waals surface area contributed by atoms with Gasteiger partial charge in [0.2, 0.25) is 0 Å². The van der Waals surface area contributed by atoms with E-state index in [2.05, 4.69) is 71.7 Å². The minimum atomic E-state index is 0.130. The quantitative estimate of drug-likeness (QED) is 0.180. The average molecular weight is 463 g/mol. The van der Waals surface area contributed by atoms with Crippen molar-refractivity contribution in [1.29, 1.82) is 0 Å². The zero-order valence-corrected chi connectivity index (χ0v) is 21.1. The lowest BCUT2D eigenvalue weighted by molar-refractivity contribution is 0.333. The van der Waals surface area contributed by atoms with E-state index in [1.54, 1.807) is 0 Å². The molecule has 2 aliphatic heterocycles. The molecule has 6 nitrogen and oxygen atoms in total. The summed E-state index contributed by atoms with van der Waals surface area (Å²) in [4.78, 5) is 4.73. The minimum Gasteiger partial charge on any atom is -0.388 e. The van der Waals surface area contributed by atoms with Crippen molar-refractivity contribution in [2.45, 2.75) is 63.1 Å². The Morgan fingerprint density at radius 3 is 2.38 bits per heavy atom. The molecule has 3 unspecified atom stereocenters. The third kappa shape index (κ3) is 7.78. The predicted octanol–water partition coefficient (Wildman–Crippen LogP) is 2.80. The number of nitrogens with one attached hydrogen (secondary N) is 3. The summed E-state index contributed by atoms with van der Waals surface area (Å²) in [7, 11) is 2.19. The van der Waals surface area contributed by atoms with Crippen LogP contribution in [0.15, 0.2) is 49.1 Å². The van der Waals surface area contributed by atoms with Crippen LogP contribution < -0.4 is 21.7 Å². The highest BCUT2D eigenvalue weighted by molar-refractivity contribution is 7.80. The monoisotopic (exact) mass is 462 g/mol. The van der Waals surface area contributed by atoms with Gasteiger partial charge in [0.15, 0.2) is 0 Å². The molecule has 0 aromatic heterocycles. The minimum absolute atomic E-state index is 0.130. The summed E-state index contributed by atoms with van der Waals surface area (Å²) in [6.45, 7) is 21.6. The summed E-state index contributed by atoms with van der Waals surface area (Å²) in [5, 5.41) is 10.6. The second kappa shape index (κ2) is 13.9. The molecule has 2 saturated heterocycles. The lowest BCUT2D eigenvalue weighted by Gasteiger charge is -2.33. The number of unbranched alkanes of at least 4 members (excludes halogenated alkanes) is 1.